The summed E-state index contributed by atoms with van der Waals surface area (Å²) in [6.07, 6.45) is 3.55. The maximum Gasteiger partial charge on any atom is 0.147 e. The number of pyridine rings is 1. The number of fused-ring (bicyclic) bond motifs is 3. The van der Waals surface area contributed by atoms with Gasteiger partial charge in [-0.3, -0.25) is 9.67 Å². The van der Waals surface area contributed by atoms with Crippen LogP contribution in [0.1, 0.15) is 28.6 Å². The number of halogens is 1. The molecule has 0 aliphatic carbocycles. The first kappa shape index (κ1) is 17.4. The summed E-state index contributed by atoms with van der Waals surface area (Å²) in [7, 11) is 2.03. The van der Waals surface area contributed by atoms with Crippen molar-refractivity contribution < 1.29 is 4.74 Å². The van der Waals surface area contributed by atoms with Crippen LogP contribution in [0.2, 0.25) is 5.02 Å². The molecule has 5 heterocycles. The summed E-state index contributed by atoms with van der Waals surface area (Å²) >= 11 is 8.21. The number of hydrogen-bond acceptors (Lipinski definition) is 5. The van der Waals surface area contributed by atoms with E-state index in [0.717, 1.165) is 69.3 Å². The minimum atomic E-state index is -0.0854. The molecule has 2 aliphatic heterocycles. The van der Waals surface area contributed by atoms with Crippen LogP contribution in [0.15, 0.2) is 35.8 Å². The maximum atomic E-state index is 6.56. The number of nitrogens with one attached hydrogen (secondary N) is 1. The van der Waals surface area contributed by atoms with E-state index in [0.29, 0.717) is 0 Å². The Bertz CT molecular complexity index is 1260. The third kappa shape index (κ3) is 2.70. The van der Waals surface area contributed by atoms with E-state index >= 15 is 0 Å². The van der Waals surface area contributed by atoms with Gasteiger partial charge in [0.15, 0.2) is 0 Å². The number of benzene rings is 1. The summed E-state index contributed by atoms with van der Waals surface area (Å²) in [5, 5.41) is 11.1. The molecule has 4 aromatic rings. The smallest absolute Gasteiger partial charge is 0.147 e. The van der Waals surface area contributed by atoms with Gasteiger partial charge in [-0.25, -0.2) is 0 Å². The lowest BCUT2D eigenvalue weighted by atomic mass is 9.98. The van der Waals surface area contributed by atoms with E-state index in [-0.39, 0.29) is 6.10 Å². The zero-order valence-corrected chi connectivity index (χ0v) is 17.5. The highest BCUT2D eigenvalue weighted by Crippen LogP contribution is 2.47. The first-order chi connectivity index (χ1) is 14.2. The standard InChI is InChI=1S/C22H19ClN4OS/c1-27-18-3-5-24-11-16(18)20(26-27)19-9-12-8-13(23)10-15(21(12)28-19)14-2-6-25-17-4-7-29-22(14)17/h2,4,6-8,10,19,24H,3,5,9,11H2,1H3/t19-/m1/s1. The second kappa shape index (κ2) is 6.55. The van der Waals surface area contributed by atoms with Crippen molar-refractivity contribution in [3.05, 3.63) is 63.4 Å². The molecular formula is C22H19ClN4OS. The van der Waals surface area contributed by atoms with Crippen LogP contribution in [-0.4, -0.2) is 21.3 Å². The molecule has 1 atom stereocenters. The maximum absolute atomic E-state index is 6.56. The van der Waals surface area contributed by atoms with Crippen molar-refractivity contribution in [2.45, 2.75) is 25.5 Å². The Morgan fingerprint density at radius 3 is 3.14 bits per heavy atom. The topological polar surface area (TPSA) is 52.0 Å². The lowest BCUT2D eigenvalue weighted by Crippen LogP contribution is -2.25. The van der Waals surface area contributed by atoms with E-state index in [1.54, 1.807) is 11.3 Å². The molecule has 0 saturated carbocycles. The number of ether oxygens (including phenoxy) is 1. The zero-order valence-electron chi connectivity index (χ0n) is 15.9. The summed E-state index contributed by atoms with van der Waals surface area (Å²) in [4.78, 5) is 4.47. The molecule has 146 valence electrons. The fourth-order valence-electron chi connectivity index (χ4n) is 4.57. The van der Waals surface area contributed by atoms with Crippen LogP contribution in [0.3, 0.4) is 0 Å². The Kier molecular flexibility index (Phi) is 3.94. The highest BCUT2D eigenvalue weighted by Gasteiger charge is 2.33. The van der Waals surface area contributed by atoms with Gasteiger partial charge in [0.1, 0.15) is 17.5 Å². The number of thiophene rings is 1. The van der Waals surface area contributed by atoms with Gasteiger partial charge in [0.2, 0.25) is 0 Å². The number of aromatic nitrogens is 3. The van der Waals surface area contributed by atoms with Crippen LogP contribution < -0.4 is 10.1 Å². The molecule has 29 heavy (non-hydrogen) atoms. The molecule has 0 radical (unpaired) electrons. The van der Waals surface area contributed by atoms with Gasteiger partial charge in [-0.2, -0.15) is 5.10 Å². The van der Waals surface area contributed by atoms with E-state index in [4.69, 9.17) is 21.4 Å². The molecule has 1 N–H and O–H groups in total. The number of nitrogens with zero attached hydrogens (tertiary/aromatic N) is 3. The summed E-state index contributed by atoms with van der Waals surface area (Å²) in [6, 6.07) is 8.13. The molecule has 2 aliphatic rings. The Morgan fingerprint density at radius 2 is 2.21 bits per heavy atom. The van der Waals surface area contributed by atoms with Crippen LogP contribution in [0.4, 0.5) is 0 Å². The molecule has 0 amide bonds. The van der Waals surface area contributed by atoms with Crippen LogP contribution in [0, 0.1) is 0 Å². The Labute approximate surface area is 177 Å². The van der Waals surface area contributed by atoms with Crippen LogP contribution in [0.25, 0.3) is 21.3 Å². The predicted molar refractivity (Wildman–Crippen MR) is 116 cm³/mol. The summed E-state index contributed by atoms with van der Waals surface area (Å²) in [5.74, 6) is 0.920. The van der Waals surface area contributed by atoms with Crippen molar-refractivity contribution in [1.29, 1.82) is 0 Å². The van der Waals surface area contributed by atoms with E-state index in [2.05, 4.69) is 15.7 Å². The van der Waals surface area contributed by atoms with Crippen LogP contribution in [-0.2, 0) is 26.4 Å². The van der Waals surface area contributed by atoms with Crippen LogP contribution >= 0.6 is 22.9 Å². The molecule has 0 bridgehead atoms. The third-order valence-electron chi connectivity index (χ3n) is 5.88. The van der Waals surface area contributed by atoms with Crippen molar-refractivity contribution in [1.82, 2.24) is 20.1 Å². The number of aryl methyl sites for hydroxylation is 1. The zero-order chi connectivity index (χ0) is 19.5. The lowest BCUT2D eigenvalue weighted by Gasteiger charge is -2.16. The van der Waals surface area contributed by atoms with Gasteiger partial charge in [-0.1, -0.05) is 11.6 Å². The average molecular weight is 423 g/mol. The van der Waals surface area contributed by atoms with E-state index in [1.807, 2.05) is 42.2 Å². The van der Waals surface area contributed by atoms with Crippen molar-refractivity contribution in [3.63, 3.8) is 0 Å². The van der Waals surface area contributed by atoms with E-state index < -0.39 is 0 Å². The van der Waals surface area contributed by atoms with Gasteiger partial charge >= 0.3 is 0 Å². The predicted octanol–water partition coefficient (Wildman–Crippen LogP) is 4.67. The molecular weight excluding hydrogens is 404 g/mol. The lowest BCUT2D eigenvalue weighted by molar-refractivity contribution is 0.231. The highest BCUT2D eigenvalue weighted by molar-refractivity contribution is 7.17. The van der Waals surface area contributed by atoms with Crippen molar-refractivity contribution in [2.24, 2.45) is 7.05 Å². The van der Waals surface area contributed by atoms with E-state index in [1.165, 1.54) is 11.3 Å². The molecule has 1 aromatic carbocycles. The summed E-state index contributed by atoms with van der Waals surface area (Å²) < 4.78 is 9.73. The Hall–Kier alpha value is -2.41. The van der Waals surface area contributed by atoms with Gasteiger partial charge < -0.3 is 10.1 Å². The molecule has 5 nitrogen and oxygen atoms in total. The first-order valence-electron chi connectivity index (χ1n) is 9.76. The van der Waals surface area contributed by atoms with Crippen molar-refractivity contribution in [2.75, 3.05) is 6.54 Å². The number of rotatable bonds is 2. The van der Waals surface area contributed by atoms with Gasteiger partial charge in [0, 0.05) is 72.1 Å². The van der Waals surface area contributed by atoms with Gasteiger partial charge in [-0.15, -0.1) is 11.3 Å². The fourth-order valence-corrected chi connectivity index (χ4v) is 5.69. The quantitative estimate of drug-likeness (QED) is 0.510. The molecule has 7 heteroatoms. The van der Waals surface area contributed by atoms with Gasteiger partial charge in [-0.05, 0) is 29.6 Å². The van der Waals surface area contributed by atoms with Crippen molar-refractivity contribution in [3.8, 4) is 16.9 Å². The second-order valence-electron chi connectivity index (χ2n) is 7.61. The minimum absolute atomic E-state index is 0.0854. The minimum Gasteiger partial charge on any atom is -0.483 e. The largest absolute Gasteiger partial charge is 0.483 e. The Morgan fingerprint density at radius 1 is 1.28 bits per heavy atom. The van der Waals surface area contributed by atoms with E-state index in [9.17, 15) is 0 Å². The second-order valence-corrected chi connectivity index (χ2v) is 8.96. The SMILES string of the molecule is Cn1nc([C@H]2Cc3cc(Cl)cc(-c4ccnc5ccsc45)c3O2)c2c1CCNC2. The summed E-state index contributed by atoms with van der Waals surface area (Å²) in [6.45, 7) is 1.85. The highest BCUT2D eigenvalue weighted by atomic mass is 35.5. The molecule has 0 spiro atoms. The molecule has 0 fully saturated rings. The third-order valence-corrected chi connectivity index (χ3v) is 7.04. The number of hydrogen-bond donors (Lipinski definition) is 1. The molecule has 6 rings (SSSR count). The molecule has 0 saturated heterocycles. The fraction of sp³-hybridized carbons (Fsp3) is 0.273. The average Bonchev–Trinajstić information content (AvgIpc) is 3.44. The molecule has 3 aromatic heterocycles. The van der Waals surface area contributed by atoms with Crippen molar-refractivity contribution >= 4 is 33.2 Å². The summed E-state index contributed by atoms with van der Waals surface area (Å²) in [5.41, 5.74) is 7.94. The normalized spacial score (nSPS) is 17.9. The first-order valence-corrected chi connectivity index (χ1v) is 11.0. The van der Waals surface area contributed by atoms with Crippen LogP contribution in [0.5, 0.6) is 5.75 Å². The monoisotopic (exact) mass is 422 g/mol. The van der Waals surface area contributed by atoms with Gasteiger partial charge in [0.05, 0.1) is 10.2 Å². The molecule has 0 unspecified atom stereocenters. The Balaban J connectivity index is 1.47. The van der Waals surface area contributed by atoms with Gasteiger partial charge in [0.25, 0.3) is 0 Å².